The fourth-order valence-corrected chi connectivity index (χ4v) is 2.14. The maximum Gasteiger partial charge on any atom is 0.128 e. The number of rotatable bonds is 2. The maximum absolute atomic E-state index is 13.1. The minimum absolute atomic E-state index is 0.220. The van der Waals surface area contributed by atoms with Crippen molar-refractivity contribution in [1.29, 1.82) is 0 Å². The summed E-state index contributed by atoms with van der Waals surface area (Å²) in [5.41, 5.74) is -0.220. The van der Waals surface area contributed by atoms with Gasteiger partial charge in [-0.1, -0.05) is 11.6 Å². The van der Waals surface area contributed by atoms with Crippen LogP contribution in [0.5, 0.6) is 5.75 Å². The fourth-order valence-electron chi connectivity index (χ4n) is 1.93. The van der Waals surface area contributed by atoms with Crippen LogP contribution in [0.3, 0.4) is 0 Å². The second-order valence-corrected chi connectivity index (χ2v) is 4.84. The average Bonchev–Trinajstić information content (AvgIpc) is 2.15. The Labute approximate surface area is 99.7 Å². The third-order valence-corrected chi connectivity index (χ3v) is 3.08. The van der Waals surface area contributed by atoms with E-state index in [1.165, 1.54) is 12.1 Å². The Bertz CT molecular complexity index is 357. The molecule has 16 heavy (non-hydrogen) atoms. The highest BCUT2D eigenvalue weighted by Gasteiger charge is 2.28. The molecule has 0 saturated carbocycles. The van der Waals surface area contributed by atoms with Crippen molar-refractivity contribution < 1.29 is 9.13 Å². The van der Waals surface area contributed by atoms with Gasteiger partial charge in [0, 0.05) is 11.1 Å². The number of ether oxygens (including phenoxy) is 1. The predicted molar refractivity (Wildman–Crippen MR) is 62.5 cm³/mol. The minimum atomic E-state index is -0.361. The van der Waals surface area contributed by atoms with Gasteiger partial charge in [0.15, 0.2) is 0 Å². The Morgan fingerprint density at radius 3 is 2.62 bits per heavy atom. The van der Waals surface area contributed by atoms with Gasteiger partial charge in [-0.25, -0.2) is 4.39 Å². The summed E-state index contributed by atoms with van der Waals surface area (Å²) in [6.07, 6.45) is 1.84. The van der Waals surface area contributed by atoms with Gasteiger partial charge in [0.1, 0.15) is 17.2 Å². The van der Waals surface area contributed by atoms with E-state index in [0.29, 0.717) is 10.8 Å². The van der Waals surface area contributed by atoms with Crippen molar-refractivity contribution in [3.63, 3.8) is 0 Å². The van der Waals surface area contributed by atoms with E-state index in [1.807, 2.05) is 6.92 Å². The van der Waals surface area contributed by atoms with Crippen LogP contribution >= 0.6 is 11.6 Å². The molecule has 1 fully saturated rings. The molecule has 2 nitrogen and oxygen atoms in total. The van der Waals surface area contributed by atoms with Crippen LogP contribution in [0.25, 0.3) is 0 Å². The van der Waals surface area contributed by atoms with E-state index in [4.69, 9.17) is 16.3 Å². The topological polar surface area (TPSA) is 21.3 Å². The highest BCUT2D eigenvalue weighted by atomic mass is 35.5. The molecular formula is C12H15ClFNO. The van der Waals surface area contributed by atoms with Crippen LogP contribution < -0.4 is 10.1 Å². The molecule has 0 aromatic heterocycles. The molecule has 1 heterocycles. The first kappa shape index (κ1) is 11.7. The predicted octanol–water partition coefficient (Wildman–Crippen LogP) is 3.00. The van der Waals surface area contributed by atoms with Gasteiger partial charge < -0.3 is 10.1 Å². The summed E-state index contributed by atoms with van der Waals surface area (Å²) in [5, 5.41) is 3.64. The monoisotopic (exact) mass is 243 g/mol. The standard InChI is InChI=1S/C12H15ClFNO/c1-12(2-4-15-5-3-12)16-11-7-9(13)6-10(14)8-11/h6-8,15H,2-5H2,1H3. The Morgan fingerprint density at radius 1 is 1.31 bits per heavy atom. The minimum Gasteiger partial charge on any atom is -0.487 e. The number of piperidine rings is 1. The Morgan fingerprint density at radius 2 is 2.00 bits per heavy atom. The van der Waals surface area contributed by atoms with Crippen molar-refractivity contribution in [3.05, 3.63) is 29.0 Å². The van der Waals surface area contributed by atoms with Crippen LogP contribution in [0, 0.1) is 5.82 Å². The van der Waals surface area contributed by atoms with Crippen molar-refractivity contribution in [2.45, 2.75) is 25.4 Å². The zero-order valence-corrected chi connectivity index (χ0v) is 9.98. The second kappa shape index (κ2) is 4.60. The number of halogens is 2. The van der Waals surface area contributed by atoms with Gasteiger partial charge in [0.2, 0.25) is 0 Å². The summed E-state index contributed by atoms with van der Waals surface area (Å²) in [6.45, 7) is 3.91. The lowest BCUT2D eigenvalue weighted by atomic mass is 9.94. The molecule has 88 valence electrons. The summed E-state index contributed by atoms with van der Waals surface area (Å²) in [4.78, 5) is 0. The Hall–Kier alpha value is -0.800. The van der Waals surface area contributed by atoms with E-state index in [9.17, 15) is 4.39 Å². The van der Waals surface area contributed by atoms with Gasteiger partial charge in [-0.3, -0.25) is 0 Å². The van der Waals surface area contributed by atoms with Gasteiger partial charge in [0.05, 0.1) is 0 Å². The molecule has 2 rings (SSSR count). The van der Waals surface area contributed by atoms with Crippen molar-refractivity contribution in [2.75, 3.05) is 13.1 Å². The largest absolute Gasteiger partial charge is 0.487 e. The molecule has 0 unspecified atom stereocenters. The lowest BCUT2D eigenvalue weighted by Crippen LogP contribution is -2.43. The molecule has 0 bridgehead atoms. The van der Waals surface area contributed by atoms with E-state index in [-0.39, 0.29) is 11.4 Å². The van der Waals surface area contributed by atoms with E-state index in [0.717, 1.165) is 25.9 Å². The summed E-state index contributed by atoms with van der Waals surface area (Å²) in [5.74, 6) is 0.148. The van der Waals surface area contributed by atoms with Gasteiger partial charge in [-0.2, -0.15) is 0 Å². The van der Waals surface area contributed by atoms with Crippen molar-refractivity contribution >= 4 is 11.6 Å². The fraction of sp³-hybridized carbons (Fsp3) is 0.500. The molecule has 0 atom stereocenters. The first-order valence-corrected chi connectivity index (χ1v) is 5.81. The number of hydrogen-bond acceptors (Lipinski definition) is 2. The lowest BCUT2D eigenvalue weighted by Gasteiger charge is -2.34. The Balaban J connectivity index is 2.13. The molecule has 1 aromatic rings. The molecule has 4 heteroatoms. The number of hydrogen-bond donors (Lipinski definition) is 1. The molecule has 1 aliphatic heterocycles. The van der Waals surface area contributed by atoms with Gasteiger partial charge >= 0.3 is 0 Å². The molecule has 0 aliphatic carbocycles. The van der Waals surface area contributed by atoms with Gasteiger partial charge in [0.25, 0.3) is 0 Å². The number of nitrogens with one attached hydrogen (secondary N) is 1. The molecule has 1 N–H and O–H groups in total. The molecule has 0 amide bonds. The summed E-state index contributed by atoms with van der Waals surface area (Å²) in [6, 6.07) is 4.30. The van der Waals surface area contributed by atoms with Gasteiger partial charge in [-0.15, -0.1) is 0 Å². The second-order valence-electron chi connectivity index (χ2n) is 4.41. The van der Waals surface area contributed by atoms with Crippen molar-refractivity contribution in [1.82, 2.24) is 5.32 Å². The van der Waals surface area contributed by atoms with Crippen LogP contribution in [-0.2, 0) is 0 Å². The van der Waals surface area contributed by atoms with Crippen LogP contribution in [0.4, 0.5) is 4.39 Å². The SMILES string of the molecule is CC1(Oc2cc(F)cc(Cl)c2)CCNCC1. The molecule has 0 spiro atoms. The molecule has 1 aromatic carbocycles. The smallest absolute Gasteiger partial charge is 0.128 e. The molecule has 1 aliphatic rings. The normalized spacial score (nSPS) is 19.4. The highest BCUT2D eigenvalue weighted by Crippen LogP contribution is 2.28. The zero-order chi connectivity index (χ0) is 11.6. The number of benzene rings is 1. The quantitative estimate of drug-likeness (QED) is 0.862. The summed E-state index contributed by atoms with van der Waals surface area (Å²) in [7, 11) is 0. The Kier molecular flexibility index (Phi) is 3.36. The maximum atomic E-state index is 13.1. The first-order valence-electron chi connectivity index (χ1n) is 5.43. The lowest BCUT2D eigenvalue weighted by molar-refractivity contribution is 0.0553. The van der Waals surface area contributed by atoms with Crippen LogP contribution in [-0.4, -0.2) is 18.7 Å². The van der Waals surface area contributed by atoms with Crippen LogP contribution in [0.2, 0.25) is 5.02 Å². The average molecular weight is 244 g/mol. The molecular weight excluding hydrogens is 229 g/mol. The summed E-state index contributed by atoms with van der Waals surface area (Å²) < 4.78 is 19.0. The molecule has 1 saturated heterocycles. The molecule has 0 radical (unpaired) electrons. The third-order valence-electron chi connectivity index (χ3n) is 2.86. The first-order chi connectivity index (χ1) is 7.57. The van der Waals surface area contributed by atoms with Crippen molar-refractivity contribution in [2.24, 2.45) is 0 Å². The van der Waals surface area contributed by atoms with E-state index in [1.54, 1.807) is 6.07 Å². The van der Waals surface area contributed by atoms with Crippen LogP contribution in [0.15, 0.2) is 18.2 Å². The van der Waals surface area contributed by atoms with Gasteiger partial charge in [-0.05, 0) is 45.0 Å². The highest BCUT2D eigenvalue weighted by molar-refractivity contribution is 6.30. The van der Waals surface area contributed by atoms with E-state index >= 15 is 0 Å². The van der Waals surface area contributed by atoms with Crippen LogP contribution in [0.1, 0.15) is 19.8 Å². The zero-order valence-electron chi connectivity index (χ0n) is 9.22. The third kappa shape index (κ3) is 2.86. The van der Waals surface area contributed by atoms with Crippen molar-refractivity contribution in [3.8, 4) is 5.75 Å². The van der Waals surface area contributed by atoms with E-state index < -0.39 is 0 Å². The van der Waals surface area contributed by atoms with E-state index in [2.05, 4.69) is 5.32 Å². The summed E-state index contributed by atoms with van der Waals surface area (Å²) >= 11 is 5.78.